The van der Waals surface area contributed by atoms with Crippen molar-refractivity contribution in [2.24, 2.45) is 0 Å². The highest BCUT2D eigenvalue weighted by molar-refractivity contribution is 6.33. The molecule has 1 unspecified atom stereocenters. The molecule has 0 saturated heterocycles. The van der Waals surface area contributed by atoms with Crippen LogP contribution in [0, 0.1) is 12.7 Å². The molecule has 1 atom stereocenters. The molecule has 1 heterocycles. The summed E-state index contributed by atoms with van der Waals surface area (Å²) in [5.74, 6) is -1.61. The van der Waals surface area contributed by atoms with E-state index >= 15 is 0 Å². The number of aromatic nitrogens is 2. The summed E-state index contributed by atoms with van der Waals surface area (Å²) in [6.45, 7) is 3.16. The molecule has 1 N–H and O–H groups in total. The molecule has 9 heteroatoms. The Bertz CT molecular complexity index is 1100. The Morgan fingerprint density at radius 1 is 1.16 bits per heavy atom. The Kier molecular flexibility index (Phi) is 7.30. The molecule has 0 radical (unpaired) electrons. The first-order chi connectivity index (χ1) is 14.8. The minimum absolute atomic E-state index is 0.0908. The minimum Gasteiger partial charge on any atom is -0.452 e. The van der Waals surface area contributed by atoms with Gasteiger partial charge in [0.1, 0.15) is 16.5 Å². The molecule has 0 aliphatic heterocycles. The molecule has 0 fully saturated rings. The number of amides is 1. The van der Waals surface area contributed by atoms with Gasteiger partial charge in [0.25, 0.3) is 5.91 Å². The summed E-state index contributed by atoms with van der Waals surface area (Å²) in [4.78, 5) is 24.7. The fourth-order valence-electron chi connectivity index (χ4n) is 3.00. The normalized spacial score (nSPS) is 11.8. The number of esters is 1. The van der Waals surface area contributed by atoms with Gasteiger partial charge < -0.3 is 10.1 Å². The zero-order valence-electron chi connectivity index (χ0n) is 16.9. The quantitative estimate of drug-likeness (QED) is 0.514. The standard InChI is InChI=1S/C22H20Cl2FN3O3/c1-13(15-7-9-17(25)10-8-15)26-19(29)12-31-22(30)20-14(2)27-28(21(20)24)11-16-5-3-4-6-18(16)23/h3-10,13H,11-12H2,1-2H3,(H,26,29). The molecular formula is C22H20Cl2FN3O3. The van der Waals surface area contributed by atoms with Crippen LogP contribution < -0.4 is 5.32 Å². The highest BCUT2D eigenvalue weighted by Gasteiger charge is 2.23. The van der Waals surface area contributed by atoms with E-state index in [1.165, 1.54) is 16.8 Å². The first-order valence-electron chi connectivity index (χ1n) is 9.44. The van der Waals surface area contributed by atoms with Crippen molar-refractivity contribution in [2.45, 2.75) is 26.4 Å². The van der Waals surface area contributed by atoms with Gasteiger partial charge >= 0.3 is 5.97 Å². The van der Waals surface area contributed by atoms with E-state index in [1.807, 2.05) is 18.2 Å². The van der Waals surface area contributed by atoms with E-state index in [1.54, 1.807) is 32.0 Å². The average Bonchev–Trinajstić information content (AvgIpc) is 3.01. The van der Waals surface area contributed by atoms with Gasteiger partial charge in [-0.1, -0.05) is 53.5 Å². The van der Waals surface area contributed by atoms with Crippen LogP contribution in [0.4, 0.5) is 4.39 Å². The summed E-state index contributed by atoms with van der Waals surface area (Å²) in [5.41, 5.74) is 1.98. The Balaban J connectivity index is 1.61. The molecule has 0 aliphatic carbocycles. The van der Waals surface area contributed by atoms with E-state index in [0.29, 0.717) is 10.7 Å². The molecule has 3 aromatic rings. The molecule has 6 nitrogen and oxygen atoms in total. The molecule has 0 saturated carbocycles. The van der Waals surface area contributed by atoms with Crippen LogP contribution in [0.1, 0.15) is 40.1 Å². The Morgan fingerprint density at radius 3 is 2.52 bits per heavy atom. The smallest absolute Gasteiger partial charge is 0.343 e. The summed E-state index contributed by atoms with van der Waals surface area (Å²) < 4.78 is 19.6. The molecule has 3 rings (SSSR count). The fourth-order valence-corrected chi connectivity index (χ4v) is 3.51. The van der Waals surface area contributed by atoms with Crippen molar-refractivity contribution >= 4 is 35.1 Å². The second-order valence-electron chi connectivity index (χ2n) is 6.92. The van der Waals surface area contributed by atoms with Crippen molar-refractivity contribution < 1.29 is 18.7 Å². The number of hydrogen-bond donors (Lipinski definition) is 1. The van der Waals surface area contributed by atoms with E-state index in [0.717, 1.165) is 11.1 Å². The second-order valence-corrected chi connectivity index (χ2v) is 7.68. The van der Waals surface area contributed by atoms with Gasteiger partial charge in [-0.3, -0.25) is 4.79 Å². The predicted molar refractivity (Wildman–Crippen MR) is 116 cm³/mol. The minimum atomic E-state index is -0.752. The second kappa shape index (κ2) is 9.94. The number of nitrogens with zero attached hydrogens (tertiary/aromatic N) is 2. The van der Waals surface area contributed by atoms with Crippen LogP contribution in [-0.2, 0) is 16.1 Å². The van der Waals surface area contributed by atoms with E-state index in [9.17, 15) is 14.0 Å². The van der Waals surface area contributed by atoms with E-state index < -0.39 is 18.5 Å². The van der Waals surface area contributed by atoms with Crippen molar-refractivity contribution in [3.8, 4) is 0 Å². The van der Waals surface area contributed by atoms with Crippen LogP contribution in [-0.4, -0.2) is 28.3 Å². The van der Waals surface area contributed by atoms with E-state index in [-0.39, 0.29) is 29.1 Å². The molecule has 31 heavy (non-hydrogen) atoms. The number of rotatable bonds is 7. The van der Waals surface area contributed by atoms with Crippen LogP contribution >= 0.6 is 23.2 Å². The lowest BCUT2D eigenvalue weighted by Crippen LogP contribution is -2.31. The lowest BCUT2D eigenvalue weighted by Gasteiger charge is -2.14. The van der Waals surface area contributed by atoms with Gasteiger partial charge in [0.05, 0.1) is 18.3 Å². The summed E-state index contributed by atoms with van der Waals surface area (Å²) in [7, 11) is 0. The molecule has 162 valence electrons. The van der Waals surface area contributed by atoms with Crippen molar-refractivity contribution in [3.05, 3.63) is 86.9 Å². The van der Waals surface area contributed by atoms with Crippen LogP contribution in [0.25, 0.3) is 0 Å². The molecular weight excluding hydrogens is 444 g/mol. The molecule has 2 aromatic carbocycles. The molecule has 1 amide bonds. The Hall–Kier alpha value is -2.90. The number of aryl methyl sites for hydroxylation is 1. The fraction of sp³-hybridized carbons (Fsp3) is 0.227. The van der Waals surface area contributed by atoms with Gasteiger partial charge in [-0.15, -0.1) is 0 Å². The maximum atomic E-state index is 13.0. The van der Waals surface area contributed by atoms with Crippen molar-refractivity contribution in [3.63, 3.8) is 0 Å². The average molecular weight is 464 g/mol. The Morgan fingerprint density at radius 2 is 1.84 bits per heavy atom. The van der Waals surface area contributed by atoms with Gasteiger partial charge in [0, 0.05) is 5.02 Å². The number of carbonyl (C=O) groups is 2. The van der Waals surface area contributed by atoms with Crippen LogP contribution in [0.15, 0.2) is 48.5 Å². The van der Waals surface area contributed by atoms with Gasteiger partial charge in [-0.2, -0.15) is 5.10 Å². The summed E-state index contributed by atoms with van der Waals surface area (Å²) in [5, 5.41) is 7.63. The molecule has 0 spiro atoms. The third kappa shape index (κ3) is 5.62. The summed E-state index contributed by atoms with van der Waals surface area (Å²) >= 11 is 12.5. The third-order valence-corrected chi connectivity index (χ3v) is 5.38. The zero-order chi connectivity index (χ0) is 22.5. The number of hydrogen-bond acceptors (Lipinski definition) is 4. The van der Waals surface area contributed by atoms with Crippen LogP contribution in [0.5, 0.6) is 0 Å². The van der Waals surface area contributed by atoms with Crippen LogP contribution in [0.3, 0.4) is 0 Å². The highest BCUT2D eigenvalue weighted by atomic mass is 35.5. The third-order valence-electron chi connectivity index (χ3n) is 4.63. The molecule has 0 bridgehead atoms. The number of nitrogens with one attached hydrogen (secondary N) is 1. The first kappa shape index (κ1) is 22.8. The van der Waals surface area contributed by atoms with Gasteiger partial charge in [-0.05, 0) is 43.2 Å². The number of benzene rings is 2. The van der Waals surface area contributed by atoms with E-state index in [2.05, 4.69) is 10.4 Å². The summed E-state index contributed by atoms with van der Waals surface area (Å²) in [6.07, 6.45) is 0. The molecule has 1 aromatic heterocycles. The maximum absolute atomic E-state index is 13.0. The number of ether oxygens (including phenoxy) is 1. The van der Waals surface area contributed by atoms with Crippen molar-refractivity contribution in [2.75, 3.05) is 6.61 Å². The maximum Gasteiger partial charge on any atom is 0.343 e. The summed E-state index contributed by atoms with van der Waals surface area (Å²) in [6, 6.07) is 12.6. The number of carbonyl (C=O) groups excluding carboxylic acids is 2. The molecule has 0 aliphatic rings. The Labute approximate surface area is 188 Å². The van der Waals surface area contributed by atoms with Gasteiger partial charge in [-0.25, -0.2) is 13.9 Å². The lowest BCUT2D eigenvalue weighted by atomic mass is 10.1. The number of halogens is 3. The van der Waals surface area contributed by atoms with Gasteiger partial charge in [0.15, 0.2) is 6.61 Å². The van der Waals surface area contributed by atoms with Gasteiger partial charge in [0.2, 0.25) is 0 Å². The topological polar surface area (TPSA) is 73.2 Å². The van der Waals surface area contributed by atoms with E-state index in [4.69, 9.17) is 27.9 Å². The predicted octanol–water partition coefficient (Wildman–Crippen LogP) is 4.72. The van der Waals surface area contributed by atoms with Crippen LogP contribution in [0.2, 0.25) is 10.2 Å². The zero-order valence-corrected chi connectivity index (χ0v) is 18.4. The van der Waals surface area contributed by atoms with Crippen molar-refractivity contribution in [1.29, 1.82) is 0 Å². The first-order valence-corrected chi connectivity index (χ1v) is 10.2. The SMILES string of the molecule is Cc1nn(Cc2ccccc2Cl)c(Cl)c1C(=O)OCC(=O)NC(C)c1ccc(F)cc1. The van der Waals surface area contributed by atoms with Crippen molar-refractivity contribution in [1.82, 2.24) is 15.1 Å². The largest absolute Gasteiger partial charge is 0.452 e. The lowest BCUT2D eigenvalue weighted by molar-refractivity contribution is -0.124. The monoisotopic (exact) mass is 463 g/mol. The highest BCUT2D eigenvalue weighted by Crippen LogP contribution is 2.24.